The summed E-state index contributed by atoms with van der Waals surface area (Å²) < 4.78 is 0. The smallest absolute Gasteiger partial charge is 0.223 e. The van der Waals surface area contributed by atoms with Gasteiger partial charge in [0.1, 0.15) is 0 Å². The molecule has 1 fully saturated rings. The predicted molar refractivity (Wildman–Crippen MR) is 89.1 cm³/mol. The van der Waals surface area contributed by atoms with Crippen LogP contribution < -0.4 is 11.1 Å². The zero-order valence-corrected chi connectivity index (χ0v) is 13.5. The number of carbonyl (C=O) groups excluding carboxylic acids is 1. The molecule has 0 aliphatic heterocycles. The van der Waals surface area contributed by atoms with Gasteiger partial charge in [0.2, 0.25) is 5.91 Å². The van der Waals surface area contributed by atoms with Crippen LogP contribution in [0, 0.1) is 5.92 Å². The minimum atomic E-state index is -0.563. The molecule has 3 atom stereocenters. The zero-order valence-electron chi connectivity index (χ0n) is 11.9. The predicted octanol–water partition coefficient (Wildman–Crippen LogP) is 1.12. The summed E-state index contributed by atoms with van der Waals surface area (Å²) in [6, 6.07) is 5.55. The number of nitrogens with two attached hydrogens (primary N) is 1. The summed E-state index contributed by atoms with van der Waals surface area (Å²) in [6.45, 7) is 0.468. The first-order chi connectivity index (χ1) is 9.63. The summed E-state index contributed by atoms with van der Waals surface area (Å²) >= 11 is 0. The van der Waals surface area contributed by atoms with Crippen LogP contribution >= 0.6 is 24.8 Å². The molecule has 22 heavy (non-hydrogen) atoms. The highest BCUT2D eigenvalue weighted by Gasteiger charge is 2.34. The largest absolute Gasteiger partial charge is 0.391 e. The maximum atomic E-state index is 12.0. The number of imidazole rings is 1. The van der Waals surface area contributed by atoms with E-state index < -0.39 is 6.10 Å². The number of aromatic nitrogens is 2. The molecule has 122 valence electrons. The van der Waals surface area contributed by atoms with E-state index in [2.05, 4.69) is 15.3 Å². The van der Waals surface area contributed by atoms with Crippen LogP contribution in [0.15, 0.2) is 24.5 Å². The van der Waals surface area contributed by atoms with E-state index in [0.29, 0.717) is 19.4 Å². The molecule has 0 radical (unpaired) electrons. The van der Waals surface area contributed by atoms with Crippen LogP contribution in [-0.2, 0) is 11.3 Å². The Kier molecular flexibility index (Phi) is 6.62. The first-order valence-electron chi connectivity index (χ1n) is 6.77. The molecule has 1 aliphatic carbocycles. The lowest BCUT2D eigenvalue weighted by molar-refractivity contribution is -0.125. The second-order valence-corrected chi connectivity index (χ2v) is 5.37. The molecule has 0 bridgehead atoms. The summed E-state index contributed by atoms with van der Waals surface area (Å²) in [5.74, 6) is -0.224. The number of H-pyrrole nitrogens is 1. The van der Waals surface area contributed by atoms with Gasteiger partial charge in [0.25, 0.3) is 0 Å². The topological polar surface area (TPSA) is 104 Å². The number of carbonyl (C=O) groups is 1. The van der Waals surface area contributed by atoms with Crippen molar-refractivity contribution < 1.29 is 9.90 Å². The molecule has 3 rings (SSSR count). The van der Waals surface area contributed by atoms with Gasteiger partial charge in [0.05, 0.1) is 23.5 Å². The molecule has 8 heteroatoms. The van der Waals surface area contributed by atoms with Crippen LogP contribution in [0.1, 0.15) is 18.4 Å². The Morgan fingerprint density at radius 3 is 2.86 bits per heavy atom. The molecule has 2 aromatic rings. The van der Waals surface area contributed by atoms with Crippen molar-refractivity contribution in [1.82, 2.24) is 15.3 Å². The van der Waals surface area contributed by atoms with Crippen molar-refractivity contribution in [3.63, 3.8) is 0 Å². The number of nitrogens with one attached hydrogen (secondary N) is 2. The van der Waals surface area contributed by atoms with Crippen molar-refractivity contribution in [2.24, 2.45) is 11.7 Å². The average molecular weight is 347 g/mol. The summed E-state index contributed by atoms with van der Waals surface area (Å²) in [5, 5.41) is 12.5. The lowest BCUT2D eigenvalue weighted by atomic mass is 10.1. The quantitative estimate of drug-likeness (QED) is 0.668. The van der Waals surface area contributed by atoms with Gasteiger partial charge in [-0.05, 0) is 30.5 Å². The number of amides is 1. The van der Waals surface area contributed by atoms with Gasteiger partial charge in [-0.25, -0.2) is 4.98 Å². The number of halogens is 2. The van der Waals surface area contributed by atoms with Gasteiger partial charge in [-0.3, -0.25) is 4.79 Å². The number of nitrogens with zero attached hydrogens (tertiary/aromatic N) is 1. The van der Waals surface area contributed by atoms with Crippen molar-refractivity contribution in [3.8, 4) is 0 Å². The highest BCUT2D eigenvalue weighted by atomic mass is 35.5. The molecule has 1 amide bonds. The van der Waals surface area contributed by atoms with E-state index in [-0.39, 0.29) is 42.7 Å². The van der Waals surface area contributed by atoms with E-state index in [9.17, 15) is 9.90 Å². The number of aliphatic hydroxyl groups excluding tert-OH is 1. The van der Waals surface area contributed by atoms with E-state index >= 15 is 0 Å². The first kappa shape index (κ1) is 18.7. The second kappa shape index (κ2) is 7.78. The molecule has 1 aromatic heterocycles. The summed E-state index contributed by atoms with van der Waals surface area (Å²) in [7, 11) is 0. The molecule has 5 N–H and O–H groups in total. The van der Waals surface area contributed by atoms with Gasteiger partial charge < -0.3 is 21.1 Å². The van der Waals surface area contributed by atoms with Crippen molar-refractivity contribution in [2.75, 3.05) is 0 Å². The third-order valence-electron chi connectivity index (χ3n) is 3.90. The maximum Gasteiger partial charge on any atom is 0.223 e. The molecule has 1 aliphatic rings. The molecular formula is C14H20Cl2N4O2. The second-order valence-electron chi connectivity index (χ2n) is 5.37. The maximum absolute atomic E-state index is 12.0. The molecule has 1 heterocycles. The minimum Gasteiger partial charge on any atom is -0.391 e. The van der Waals surface area contributed by atoms with Crippen molar-refractivity contribution in [2.45, 2.75) is 31.5 Å². The SMILES string of the molecule is Cl.Cl.N[C@@H]1C[C@H](C(=O)NCc2ccc3nc[nH]c3c2)C[C@H]1O. The van der Waals surface area contributed by atoms with E-state index in [0.717, 1.165) is 16.6 Å². The Labute approximate surface area is 140 Å². The fraction of sp³-hybridized carbons (Fsp3) is 0.429. The van der Waals surface area contributed by atoms with Gasteiger partial charge >= 0.3 is 0 Å². The first-order valence-corrected chi connectivity index (χ1v) is 6.77. The Morgan fingerprint density at radius 2 is 2.18 bits per heavy atom. The Morgan fingerprint density at radius 1 is 1.41 bits per heavy atom. The summed E-state index contributed by atoms with van der Waals surface area (Å²) in [5.41, 5.74) is 8.60. The van der Waals surface area contributed by atoms with Crippen LogP contribution in [0.3, 0.4) is 0 Å². The average Bonchev–Trinajstić information content (AvgIpc) is 3.03. The van der Waals surface area contributed by atoms with Crippen molar-refractivity contribution in [3.05, 3.63) is 30.1 Å². The lowest BCUT2D eigenvalue weighted by Crippen LogP contribution is -2.30. The highest BCUT2D eigenvalue weighted by Crippen LogP contribution is 2.24. The number of rotatable bonds is 3. The number of aliphatic hydroxyl groups is 1. The number of aromatic amines is 1. The summed E-state index contributed by atoms with van der Waals surface area (Å²) in [4.78, 5) is 19.2. The molecule has 1 aromatic carbocycles. The fourth-order valence-electron chi connectivity index (χ4n) is 2.69. The molecule has 0 saturated heterocycles. The molecule has 1 saturated carbocycles. The van der Waals surface area contributed by atoms with E-state index in [1.165, 1.54) is 0 Å². The van der Waals surface area contributed by atoms with E-state index in [1.807, 2.05) is 18.2 Å². The molecule has 0 unspecified atom stereocenters. The Hall–Kier alpha value is -1.34. The Balaban J connectivity index is 0.00000121. The van der Waals surface area contributed by atoms with Gasteiger partial charge in [-0.2, -0.15) is 0 Å². The van der Waals surface area contributed by atoms with Crippen LogP contribution in [0.2, 0.25) is 0 Å². The number of hydrogen-bond acceptors (Lipinski definition) is 4. The van der Waals surface area contributed by atoms with Crippen LogP contribution in [-0.4, -0.2) is 33.1 Å². The lowest BCUT2D eigenvalue weighted by Gasteiger charge is -2.10. The fourth-order valence-corrected chi connectivity index (χ4v) is 2.69. The monoisotopic (exact) mass is 346 g/mol. The van der Waals surface area contributed by atoms with Gasteiger partial charge in [-0.1, -0.05) is 6.07 Å². The molecular weight excluding hydrogens is 327 g/mol. The summed E-state index contributed by atoms with van der Waals surface area (Å²) in [6.07, 6.45) is 2.08. The number of hydrogen-bond donors (Lipinski definition) is 4. The standard InChI is InChI=1S/C14H18N4O2.2ClH/c15-10-4-9(5-13(10)19)14(20)16-6-8-1-2-11-12(3-8)18-7-17-11;;/h1-3,7,9-10,13,19H,4-6,15H2,(H,16,20)(H,17,18);2*1H/t9-,10+,13+;;/m0../s1. The third-order valence-corrected chi connectivity index (χ3v) is 3.90. The van der Waals surface area contributed by atoms with Crippen LogP contribution in [0.5, 0.6) is 0 Å². The van der Waals surface area contributed by atoms with Crippen LogP contribution in [0.4, 0.5) is 0 Å². The number of benzene rings is 1. The van der Waals surface area contributed by atoms with Gasteiger partial charge in [0, 0.05) is 18.5 Å². The number of fused-ring (bicyclic) bond motifs is 1. The normalized spacial score (nSPS) is 23.6. The molecule has 0 spiro atoms. The van der Waals surface area contributed by atoms with Crippen molar-refractivity contribution >= 4 is 41.8 Å². The Bertz CT molecular complexity index is 624. The van der Waals surface area contributed by atoms with Gasteiger partial charge in [0.15, 0.2) is 0 Å². The van der Waals surface area contributed by atoms with Crippen molar-refractivity contribution in [1.29, 1.82) is 0 Å². The molecule has 6 nitrogen and oxygen atoms in total. The van der Waals surface area contributed by atoms with E-state index in [4.69, 9.17) is 5.73 Å². The third kappa shape index (κ3) is 3.89. The minimum absolute atomic E-state index is 0. The van der Waals surface area contributed by atoms with Gasteiger partial charge in [-0.15, -0.1) is 24.8 Å². The highest BCUT2D eigenvalue weighted by molar-refractivity contribution is 5.85. The van der Waals surface area contributed by atoms with E-state index in [1.54, 1.807) is 6.33 Å². The van der Waals surface area contributed by atoms with Crippen LogP contribution in [0.25, 0.3) is 11.0 Å². The zero-order chi connectivity index (χ0) is 14.1.